The summed E-state index contributed by atoms with van der Waals surface area (Å²) in [6, 6.07) is 13.1. The molecule has 0 saturated carbocycles. The summed E-state index contributed by atoms with van der Waals surface area (Å²) < 4.78 is 34.5. The third kappa shape index (κ3) is 6.89. The third-order valence-electron chi connectivity index (χ3n) is 7.07. The van der Waals surface area contributed by atoms with E-state index in [-0.39, 0.29) is 21.5 Å². The first kappa shape index (κ1) is 28.9. The largest absolute Gasteiger partial charge is 0.295 e. The van der Waals surface area contributed by atoms with Gasteiger partial charge in [-0.3, -0.25) is 4.55 Å². The molecule has 5 heteroatoms. The number of hydrogen-bond acceptors (Lipinski definition) is 3. The second-order valence-corrected chi connectivity index (χ2v) is 13.7. The minimum atomic E-state index is -4.28. The Morgan fingerprint density at radius 2 is 1.35 bits per heavy atom. The number of benzene rings is 2. The van der Waals surface area contributed by atoms with Gasteiger partial charge in [0.2, 0.25) is 0 Å². The predicted octanol–water partition coefficient (Wildman–Crippen LogP) is 8.86. The lowest BCUT2D eigenvalue weighted by Gasteiger charge is -2.29. The molecule has 0 fully saturated rings. The molecule has 2 atom stereocenters. The summed E-state index contributed by atoms with van der Waals surface area (Å²) in [5.41, 5.74) is 5.33. The van der Waals surface area contributed by atoms with E-state index >= 15 is 0 Å². The van der Waals surface area contributed by atoms with Crippen LogP contribution < -0.4 is 0 Å². The van der Waals surface area contributed by atoms with Gasteiger partial charge in [-0.1, -0.05) is 91.8 Å². The second-order valence-electron chi connectivity index (χ2n) is 10.7. The molecule has 2 aromatic rings. The van der Waals surface area contributed by atoms with E-state index in [9.17, 15) is 13.0 Å². The molecule has 0 saturated heterocycles. The Bertz CT molecular complexity index is 1020. The highest BCUT2D eigenvalue weighted by Gasteiger charge is 2.27. The van der Waals surface area contributed by atoms with Crippen LogP contribution in [0.2, 0.25) is 0 Å². The minimum Gasteiger partial charge on any atom is -0.282 e. The molecule has 0 radical (unpaired) electrons. The van der Waals surface area contributed by atoms with Gasteiger partial charge in [0, 0.05) is 4.75 Å². The van der Waals surface area contributed by atoms with E-state index in [4.69, 9.17) is 0 Å². The van der Waals surface area contributed by atoms with E-state index in [2.05, 4.69) is 58.9 Å². The Kier molecular flexibility index (Phi) is 9.89. The second kappa shape index (κ2) is 11.6. The van der Waals surface area contributed by atoms with Gasteiger partial charge in [0.25, 0.3) is 10.1 Å². The lowest BCUT2D eigenvalue weighted by Crippen LogP contribution is -2.17. The van der Waals surface area contributed by atoms with E-state index in [1.807, 2.05) is 51.6 Å². The fourth-order valence-electron chi connectivity index (χ4n) is 4.38. The molecule has 0 spiro atoms. The van der Waals surface area contributed by atoms with Gasteiger partial charge in [-0.25, -0.2) is 0 Å². The van der Waals surface area contributed by atoms with Crippen LogP contribution in [-0.4, -0.2) is 18.7 Å². The van der Waals surface area contributed by atoms with Crippen LogP contribution in [0.1, 0.15) is 127 Å². The van der Waals surface area contributed by atoms with Crippen molar-refractivity contribution in [2.45, 2.75) is 108 Å². The smallest absolute Gasteiger partial charge is 0.282 e. The zero-order valence-electron chi connectivity index (χ0n) is 22.5. The summed E-state index contributed by atoms with van der Waals surface area (Å²) in [5, 5.41) is 0. The topological polar surface area (TPSA) is 54.4 Å². The number of hydrogen-bond donors (Lipinski definition) is 1. The van der Waals surface area contributed by atoms with Crippen molar-refractivity contribution in [1.29, 1.82) is 0 Å². The first-order chi connectivity index (χ1) is 15.7. The van der Waals surface area contributed by atoms with Gasteiger partial charge < -0.3 is 0 Å². The van der Waals surface area contributed by atoms with Gasteiger partial charge in [-0.05, 0) is 77.0 Å². The van der Waals surface area contributed by atoms with Gasteiger partial charge in [0.05, 0.1) is 0 Å². The molecule has 0 amide bonds. The molecule has 1 N–H and O–H groups in total. The van der Waals surface area contributed by atoms with Gasteiger partial charge in [-0.15, -0.1) is 0 Å². The standard InChI is InChI=1S/C29H44O3S2/c1-10-29(9,25-13-11-23(12-14-25)19(2)3)33-16-15-22(8)24-17-26(20(4)5)28(34(30,31)32)27(18-24)21(6)7/h11-14,17-22H,10,15-16H2,1-9H3,(H,30,31,32). The first-order valence-corrected chi connectivity index (χ1v) is 15.0. The van der Waals surface area contributed by atoms with Crippen LogP contribution in [0.15, 0.2) is 41.3 Å². The molecule has 0 heterocycles. The molecular formula is C29H44O3S2. The SMILES string of the molecule is CCC(C)(SCCC(C)c1cc(C(C)C)c(S(=O)(=O)O)c(C(C)C)c1)c1ccc(C(C)C)cc1. The fourth-order valence-corrected chi connectivity index (χ4v) is 6.99. The molecule has 0 aliphatic rings. The van der Waals surface area contributed by atoms with Crippen molar-refractivity contribution in [2.75, 3.05) is 5.75 Å². The Labute approximate surface area is 212 Å². The van der Waals surface area contributed by atoms with Crippen LogP contribution in [0, 0.1) is 0 Å². The highest BCUT2D eigenvalue weighted by Crippen LogP contribution is 2.42. The molecule has 2 aromatic carbocycles. The zero-order valence-corrected chi connectivity index (χ0v) is 24.1. The van der Waals surface area contributed by atoms with Crippen molar-refractivity contribution in [2.24, 2.45) is 0 Å². The van der Waals surface area contributed by atoms with Crippen molar-refractivity contribution in [3.05, 3.63) is 64.2 Å². The van der Waals surface area contributed by atoms with Crippen LogP contribution in [0.25, 0.3) is 0 Å². The molecule has 34 heavy (non-hydrogen) atoms. The average Bonchev–Trinajstić information content (AvgIpc) is 2.77. The van der Waals surface area contributed by atoms with Crippen molar-refractivity contribution in [1.82, 2.24) is 0 Å². The van der Waals surface area contributed by atoms with E-state index in [0.29, 0.717) is 23.0 Å². The van der Waals surface area contributed by atoms with Crippen LogP contribution >= 0.6 is 11.8 Å². The summed E-state index contributed by atoms with van der Waals surface area (Å²) in [6.07, 6.45) is 2.07. The van der Waals surface area contributed by atoms with Gasteiger partial charge in [0.15, 0.2) is 0 Å². The summed E-state index contributed by atoms with van der Waals surface area (Å²) in [4.78, 5) is 0.103. The van der Waals surface area contributed by atoms with E-state index in [0.717, 1.165) is 24.2 Å². The van der Waals surface area contributed by atoms with E-state index in [1.165, 1.54) is 11.1 Å². The van der Waals surface area contributed by atoms with Crippen molar-refractivity contribution >= 4 is 21.9 Å². The van der Waals surface area contributed by atoms with E-state index < -0.39 is 10.1 Å². The predicted molar refractivity (Wildman–Crippen MR) is 148 cm³/mol. The first-order valence-electron chi connectivity index (χ1n) is 12.6. The Balaban J connectivity index is 2.25. The van der Waals surface area contributed by atoms with Crippen LogP contribution in [0.5, 0.6) is 0 Å². The van der Waals surface area contributed by atoms with Crippen molar-refractivity contribution in [3.63, 3.8) is 0 Å². The molecule has 0 aliphatic carbocycles. The summed E-state index contributed by atoms with van der Waals surface area (Å²) in [5.74, 6) is 1.86. The van der Waals surface area contributed by atoms with Crippen LogP contribution in [-0.2, 0) is 14.9 Å². The van der Waals surface area contributed by atoms with Crippen LogP contribution in [0.4, 0.5) is 0 Å². The normalized spacial score (nSPS) is 15.2. The number of rotatable bonds is 11. The van der Waals surface area contributed by atoms with Crippen molar-refractivity contribution < 1.29 is 13.0 Å². The molecule has 2 unspecified atom stereocenters. The Morgan fingerprint density at radius 3 is 1.74 bits per heavy atom. The highest BCUT2D eigenvalue weighted by molar-refractivity contribution is 8.00. The quantitative estimate of drug-likeness (QED) is 0.310. The Morgan fingerprint density at radius 1 is 0.853 bits per heavy atom. The minimum absolute atomic E-state index is 0.00754. The lowest BCUT2D eigenvalue weighted by molar-refractivity contribution is 0.479. The van der Waals surface area contributed by atoms with Gasteiger partial charge in [0.1, 0.15) is 4.90 Å². The number of thioether (sulfide) groups is 1. The molecule has 190 valence electrons. The monoisotopic (exact) mass is 504 g/mol. The van der Waals surface area contributed by atoms with E-state index in [1.54, 1.807) is 0 Å². The molecule has 2 rings (SSSR count). The van der Waals surface area contributed by atoms with Crippen molar-refractivity contribution in [3.8, 4) is 0 Å². The molecule has 0 bridgehead atoms. The summed E-state index contributed by atoms with van der Waals surface area (Å²) >= 11 is 2.01. The third-order valence-corrected chi connectivity index (χ3v) is 9.66. The molecule has 3 nitrogen and oxygen atoms in total. The van der Waals surface area contributed by atoms with Gasteiger partial charge >= 0.3 is 0 Å². The average molecular weight is 505 g/mol. The molecule has 0 aromatic heterocycles. The Hall–Kier alpha value is -1.30. The lowest BCUT2D eigenvalue weighted by atomic mass is 9.88. The molecular weight excluding hydrogens is 460 g/mol. The highest BCUT2D eigenvalue weighted by atomic mass is 32.2. The maximum Gasteiger partial charge on any atom is 0.295 e. The maximum absolute atomic E-state index is 12.2. The van der Waals surface area contributed by atoms with Crippen LogP contribution in [0.3, 0.4) is 0 Å². The molecule has 0 aliphatic heterocycles. The van der Waals surface area contributed by atoms with Gasteiger partial charge in [-0.2, -0.15) is 20.2 Å². The maximum atomic E-state index is 12.2. The summed E-state index contributed by atoms with van der Waals surface area (Å²) in [6.45, 7) is 19.2. The fraction of sp³-hybridized carbons (Fsp3) is 0.586. The summed E-state index contributed by atoms with van der Waals surface area (Å²) in [7, 11) is -4.28. The zero-order chi connectivity index (χ0) is 25.8.